The number of carboxylic acid groups (broad SMARTS) is 1. The highest BCUT2D eigenvalue weighted by atomic mass is 35.5. The number of aromatic nitrogens is 1. The fourth-order valence-corrected chi connectivity index (χ4v) is 1.66. The van der Waals surface area contributed by atoms with Crippen LogP contribution in [-0.2, 0) is 5.41 Å². The van der Waals surface area contributed by atoms with E-state index in [1.165, 1.54) is 12.1 Å². The highest BCUT2D eigenvalue weighted by Gasteiger charge is 2.24. The lowest BCUT2D eigenvalue weighted by Crippen LogP contribution is -2.11. The SMILES string of the molecule is CC(C)(C)c1nc2c(Cl)ccc(C(=O)O)c2o1.Cl. The second kappa shape index (κ2) is 4.78. The van der Waals surface area contributed by atoms with Gasteiger partial charge in [-0.25, -0.2) is 9.78 Å². The van der Waals surface area contributed by atoms with Crippen molar-refractivity contribution < 1.29 is 14.3 Å². The number of carboxylic acids is 1. The summed E-state index contributed by atoms with van der Waals surface area (Å²) in [6.07, 6.45) is 0. The summed E-state index contributed by atoms with van der Waals surface area (Å²) in [6.45, 7) is 5.81. The molecule has 2 rings (SSSR count). The number of nitrogens with zero attached hydrogens (tertiary/aromatic N) is 1. The Morgan fingerprint density at radius 3 is 2.50 bits per heavy atom. The maximum atomic E-state index is 11.1. The summed E-state index contributed by atoms with van der Waals surface area (Å²) in [5, 5.41) is 9.45. The fraction of sp³-hybridized carbons (Fsp3) is 0.333. The molecule has 0 saturated heterocycles. The monoisotopic (exact) mass is 289 g/mol. The van der Waals surface area contributed by atoms with Crippen molar-refractivity contribution in [2.24, 2.45) is 0 Å². The number of hydrogen-bond acceptors (Lipinski definition) is 3. The predicted octanol–water partition coefficient (Wildman–Crippen LogP) is 3.90. The van der Waals surface area contributed by atoms with E-state index in [9.17, 15) is 4.79 Å². The first-order valence-electron chi connectivity index (χ1n) is 5.13. The molecule has 0 saturated carbocycles. The van der Waals surface area contributed by atoms with Crippen LogP contribution in [0.1, 0.15) is 37.0 Å². The molecule has 1 heterocycles. The summed E-state index contributed by atoms with van der Waals surface area (Å²) in [6, 6.07) is 2.94. The van der Waals surface area contributed by atoms with Crippen LogP contribution < -0.4 is 0 Å². The molecule has 0 spiro atoms. The van der Waals surface area contributed by atoms with Crippen LogP contribution in [0.5, 0.6) is 0 Å². The molecule has 0 aliphatic rings. The topological polar surface area (TPSA) is 63.3 Å². The second-order valence-electron chi connectivity index (χ2n) is 4.85. The summed E-state index contributed by atoms with van der Waals surface area (Å²) in [5.74, 6) is -0.577. The number of fused-ring (bicyclic) bond motifs is 1. The van der Waals surface area contributed by atoms with E-state index in [1.807, 2.05) is 20.8 Å². The molecular formula is C12H13Cl2NO3. The van der Waals surface area contributed by atoms with Crippen LogP contribution in [0.15, 0.2) is 16.5 Å². The van der Waals surface area contributed by atoms with Crippen LogP contribution in [0.4, 0.5) is 0 Å². The van der Waals surface area contributed by atoms with E-state index in [-0.39, 0.29) is 29.0 Å². The first-order chi connectivity index (χ1) is 7.80. The maximum absolute atomic E-state index is 11.1. The number of carbonyl (C=O) groups is 1. The lowest BCUT2D eigenvalue weighted by atomic mass is 9.97. The van der Waals surface area contributed by atoms with Gasteiger partial charge in [-0.3, -0.25) is 0 Å². The molecule has 0 unspecified atom stereocenters. The normalized spacial score (nSPS) is 11.3. The summed E-state index contributed by atoms with van der Waals surface area (Å²) in [4.78, 5) is 15.3. The first-order valence-corrected chi connectivity index (χ1v) is 5.51. The van der Waals surface area contributed by atoms with Gasteiger partial charge in [0.2, 0.25) is 5.89 Å². The minimum atomic E-state index is -1.05. The van der Waals surface area contributed by atoms with Crippen molar-refractivity contribution in [3.63, 3.8) is 0 Å². The van der Waals surface area contributed by atoms with Gasteiger partial charge >= 0.3 is 5.97 Å². The van der Waals surface area contributed by atoms with Gasteiger partial charge in [0.15, 0.2) is 5.58 Å². The molecule has 0 aliphatic carbocycles. The predicted molar refractivity (Wildman–Crippen MR) is 71.9 cm³/mol. The Morgan fingerprint density at radius 2 is 2.00 bits per heavy atom. The van der Waals surface area contributed by atoms with Crippen LogP contribution in [0.25, 0.3) is 11.1 Å². The molecule has 18 heavy (non-hydrogen) atoms. The molecule has 1 aromatic carbocycles. The fourth-order valence-electron chi connectivity index (χ4n) is 1.46. The molecule has 0 fully saturated rings. The Bertz CT molecular complexity index is 599. The van der Waals surface area contributed by atoms with E-state index in [1.54, 1.807) is 0 Å². The van der Waals surface area contributed by atoms with Crippen LogP contribution in [0.3, 0.4) is 0 Å². The molecule has 1 N–H and O–H groups in total. The highest BCUT2D eigenvalue weighted by molar-refractivity contribution is 6.35. The van der Waals surface area contributed by atoms with Crippen LogP contribution in [-0.4, -0.2) is 16.1 Å². The molecule has 6 heteroatoms. The minimum absolute atomic E-state index is 0. The van der Waals surface area contributed by atoms with Crippen molar-refractivity contribution in [3.8, 4) is 0 Å². The third-order valence-electron chi connectivity index (χ3n) is 2.37. The molecule has 0 bridgehead atoms. The molecule has 0 radical (unpaired) electrons. The van der Waals surface area contributed by atoms with E-state index in [2.05, 4.69) is 4.98 Å². The van der Waals surface area contributed by atoms with Gasteiger partial charge in [-0.05, 0) is 12.1 Å². The molecule has 2 aromatic rings. The second-order valence-corrected chi connectivity index (χ2v) is 5.25. The smallest absolute Gasteiger partial charge is 0.339 e. The van der Waals surface area contributed by atoms with E-state index >= 15 is 0 Å². The molecular weight excluding hydrogens is 277 g/mol. The summed E-state index contributed by atoms with van der Waals surface area (Å²) >= 11 is 5.98. The maximum Gasteiger partial charge on any atom is 0.339 e. The van der Waals surface area contributed by atoms with Gasteiger partial charge < -0.3 is 9.52 Å². The Morgan fingerprint density at radius 1 is 1.39 bits per heavy atom. The van der Waals surface area contributed by atoms with Crippen molar-refractivity contribution in [1.29, 1.82) is 0 Å². The minimum Gasteiger partial charge on any atom is -0.478 e. The molecule has 98 valence electrons. The molecule has 1 aromatic heterocycles. The van der Waals surface area contributed by atoms with Gasteiger partial charge in [0, 0.05) is 5.41 Å². The lowest BCUT2D eigenvalue weighted by Gasteiger charge is -2.11. The standard InChI is InChI=1S/C12H12ClNO3.ClH/c1-12(2,3)11-14-8-7(13)5-4-6(10(15)16)9(8)17-11;/h4-5H,1-3H3,(H,15,16);1H. The van der Waals surface area contributed by atoms with E-state index in [0.717, 1.165) is 0 Å². The molecule has 0 aliphatic heterocycles. The number of benzene rings is 1. The van der Waals surface area contributed by atoms with Gasteiger partial charge in [0.25, 0.3) is 0 Å². The largest absolute Gasteiger partial charge is 0.478 e. The van der Waals surface area contributed by atoms with Crippen LogP contribution in [0.2, 0.25) is 5.02 Å². The Labute approximate surface area is 115 Å². The van der Waals surface area contributed by atoms with Gasteiger partial charge in [0.05, 0.1) is 5.02 Å². The zero-order valence-corrected chi connectivity index (χ0v) is 11.7. The number of oxazole rings is 1. The highest BCUT2D eigenvalue weighted by Crippen LogP contribution is 2.31. The van der Waals surface area contributed by atoms with Gasteiger partial charge in [-0.2, -0.15) is 0 Å². The summed E-state index contributed by atoms with van der Waals surface area (Å²) in [5.41, 5.74) is 0.414. The summed E-state index contributed by atoms with van der Waals surface area (Å²) < 4.78 is 5.53. The Balaban J connectivity index is 0.00000162. The third-order valence-corrected chi connectivity index (χ3v) is 2.67. The number of rotatable bonds is 1. The zero-order chi connectivity index (χ0) is 12.8. The van der Waals surface area contributed by atoms with Crippen molar-refractivity contribution >= 4 is 41.1 Å². The van der Waals surface area contributed by atoms with Gasteiger partial charge in [-0.15, -0.1) is 12.4 Å². The van der Waals surface area contributed by atoms with E-state index in [4.69, 9.17) is 21.1 Å². The van der Waals surface area contributed by atoms with Gasteiger partial charge in [-0.1, -0.05) is 32.4 Å². The molecule has 4 nitrogen and oxygen atoms in total. The zero-order valence-electron chi connectivity index (χ0n) is 10.2. The van der Waals surface area contributed by atoms with E-state index in [0.29, 0.717) is 16.4 Å². The van der Waals surface area contributed by atoms with Crippen LogP contribution in [0, 0.1) is 0 Å². The van der Waals surface area contributed by atoms with Crippen molar-refractivity contribution in [3.05, 3.63) is 28.6 Å². The molecule has 0 atom stereocenters. The third kappa shape index (κ3) is 2.44. The first kappa shape index (κ1) is 14.8. The van der Waals surface area contributed by atoms with E-state index < -0.39 is 5.97 Å². The quantitative estimate of drug-likeness (QED) is 0.865. The number of aromatic carboxylic acids is 1. The molecule has 0 amide bonds. The van der Waals surface area contributed by atoms with Crippen molar-refractivity contribution in [2.75, 3.05) is 0 Å². The number of hydrogen-bond donors (Lipinski definition) is 1. The van der Waals surface area contributed by atoms with Gasteiger partial charge in [0.1, 0.15) is 11.1 Å². The Hall–Kier alpha value is -1.26. The average Bonchev–Trinajstić information content (AvgIpc) is 2.62. The Kier molecular flexibility index (Phi) is 3.93. The number of halogens is 2. The van der Waals surface area contributed by atoms with Crippen molar-refractivity contribution in [2.45, 2.75) is 26.2 Å². The summed E-state index contributed by atoms with van der Waals surface area (Å²) in [7, 11) is 0. The average molecular weight is 290 g/mol. The van der Waals surface area contributed by atoms with Crippen molar-refractivity contribution in [1.82, 2.24) is 4.98 Å². The lowest BCUT2D eigenvalue weighted by molar-refractivity contribution is 0.0697. The van der Waals surface area contributed by atoms with Crippen LogP contribution >= 0.6 is 24.0 Å².